The van der Waals surface area contributed by atoms with Crippen LogP contribution in [0.5, 0.6) is 0 Å². The number of hydrogen-bond donors (Lipinski definition) is 1. The number of benzene rings is 1. The molecule has 4 nitrogen and oxygen atoms in total. The molecule has 0 amide bonds. The van der Waals surface area contributed by atoms with Crippen molar-refractivity contribution in [2.45, 2.75) is 18.0 Å². The molecule has 1 unspecified atom stereocenters. The van der Waals surface area contributed by atoms with Gasteiger partial charge in [0.2, 0.25) is 0 Å². The largest absolute Gasteiger partial charge is 0.305 e. The minimum atomic E-state index is -3.68. The summed E-state index contributed by atoms with van der Waals surface area (Å²) in [5.41, 5.74) is 5.21. The maximum atomic E-state index is 11.3. The van der Waals surface area contributed by atoms with E-state index in [0.29, 0.717) is 0 Å². The van der Waals surface area contributed by atoms with Gasteiger partial charge in [-0.3, -0.25) is 0 Å². The summed E-state index contributed by atoms with van der Waals surface area (Å²) in [6, 6.07) is 7.88. The zero-order valence-corrected chi connectivity index (χ0v) is 7.99. The second-order valence-electron chi connectivity index (χ2n) is 2.57. The molecule has 0 fully saturated rings. The maximum absolute atomic E-state index is 11.3. The molecule has 0 heterocycles. The molecular weight excluding hydrogens is 190 g/mol. The fourth-order valence-corrected chi connectivity index (χ4v) is 1.84. The van der Waals surface area contributed by atoms with E-state index in [-0.39, 0.29) is 4.90 Å². The summed E-state index contributed by atoms with van der Waals surface area (Å²) in [6.07, 6.45) is -0.829. The van der Waals surface area contributed by atoms with Crippen LogP contribution in [0.4, 0.5) is 0 Å². The van der Waals surface area contributed by atoms with E-state index >= 15 is 0 Å². The molecule has 5 heteroatoms. The van der Waals surface area contributed by atoms with Gasteiger partial charge in [0.25, 0.3) is 10.1 Å². The van der Waals surface area contributed by atoms with Crippen LogP contribution in [-0.2, 0) is 14.3 Å². The summed E-state index contributed by atoms with van der Waals surface area (Å²) in [7, 11) is -3.68. The third-order valence-electron chi connectivity index (χ3n) is 1.31. The fraction of sp³-hybridized carbons (Fsp3) is 0.250. The summed E-state index contributed by atoms with van der Waals surface area (Å²) >= 11 is 0. The Balaban J connectivity index is 2.96. The van der Waals surface area contributed by atoms with Gasteiger partial charge < -0.3 is 5.73 Å². The first-order valence-electron chi connectivity index (χ1n) is 3.76. The highest BCUT2D eigenvalue weighted by Crippen LogP contribution is 2.11. The Hall–Kier alpha value is -0.910. The first-order chi connectivity index (χ1) is 6.02. The molecular formula is C8H11NO3S. The molecule has 0 aliphatic carbocycles. The number of hydrogen-bond acceptors (Lipinski definition) is 4. The van der Waals surface area contributed by atoms with Crippen LogP contribution < -0.4 is 5.73 Å². The number of rotatable bonds is 3. The maximum Gasteiger partial charge on any atom is 0.298 e. The summed E-state index contributed by atoms with van der Waals surface area (Å²) in [6.45, 7) is 1.46. The lowest BCUT2D eigenvalue weighted by Crippen LogP contribution is -2.23. The lowest BCUT2D eigenvalue weighted by molar-refractivity contribution is 0.237. The Bertz CT molecular complexity index is 358. The Morgan fingerprint density at radius 2 is 1.85 bits per heavy atom. The van der Waals surface area contributed by atoms with Crippen molar-refractivity contribution in [3.63, 3.8) is 0 Å². The molecule has 72 valence electrons. The molecule has 0 saturated carbocycles. The molecule has 0 saturated heterocycles. The van der Waals surface area contributed by atoms with Crippen LogP contribution in [0.25, 0.3) is 0 Å². The van der Waals surface area contributed by atoms with Gasteiger partial charge in [-0.25, -0.2) is 4.18 Å². The minimum absolute atomic E-state index is 0.118. The predicted molar refractivity (Wildman–Crippen MR) is 48.4 cm³/mol. The van der Waals surface area contributed by atoms with Gasteiger partial charge in [-0.05, 0) is 19.1 Å². The molecule has 1 atom stereocenters. The number of nitrogens with two attached hydrogens (primary N) is 1. The first kappa shape index (κ1) is 10.2. The van der Waals surface area contributed by atoms with Crippen molar-refractivity contribution in [1.29, 1.82) is 0 Å². The topological polar surface area (TPSA) is 69.4 Å². The smallest absolute Gasteiger partial charge is 0.298 e. The van der Waals surface area contributed by atoms with Gasteiger partial charge in [0.05, 0.1) is 4.90 Å². The summed E-state index contributed by atoms with van der Waals surface area (Å²) < 4.78 is 27.3. The molecule has 0 spiro atoms. The predicted octanol–water partition coefficient (Wildman–Crippen LogP) is 0.697. The summed E-state index contributed by atoms with van der Waals surface area (Å²) in [5, 5.41) is 0. The highest BCUT2D eigenvalue weighted by molar-refractivity contribution is 7.86. The Kier molecular flexibility index (Phi) is 3.02. The normalized spacial score (nSPS) is 14.0. The third-order valence-corrected chi connectivity index (χ3v) is 2.72. The Labute approximate surface area is 77.4 Å². The van der Waals surface area contributed by atoms with Crippen LogP contribution in [-0.4, -0.2) is 14.6 Å². The zero-order chi connectivity index (χ0) is 9.90. The molecule has 1 aromatic carbocycles. The molecule has 0 aliphatic heterocycles. The average molecular weight is 201 g/mol. The van der Waals surface area contributed by atoms with Crippen LogP contribution >= 0.6 is 0 Å². The standard InChI is InChI=1S/C8H11NO3S/c1-7(9)12-13(10,11)8-5-3-2-4-6-8/h2-7H,9H2,1H3. The first-order valence-corrected chi connectivity index (χ1v) is 5.17. The van der Waals surface area contributed by atoms with Crippen LogP contribution in [0, 0.1) is 0 Å². The van der Waals surface area contributed by atoms with Crippen molar-refractivity contribution in [1.82, 2.24) is 0 Å². The minimum Gasteiger partial charge on any atom is -0.305 e. The van der Waals surface area contributed by atoms with Crippen molar-refractivity contribution in [2.24, 2.45) is 5.73 Å². The van der Waals surface area contributed by atoms with Gasteiger partial charge in [0.15, 0.2) is 0 Å². The fourth-order valence-electron chi connectivity index (χ4n) is 0.843. The molecule has 0 radical (unpaired) electrons. The van der Waals surface area contributed by atoms with E-state index in [1.54, 1.807) is 18.2 Å². The van der Waals surface area contributed by atoms with E-state index < -0.39 is 16.3 Å². The second kappa shape index (κ2) is 3.87. The van der Waals surface area contributed by atoms with E-state index in [2.05, 4.69) is 4.18 Å². The van der Waals surface area contributed by atoms with Gasteiger partial charge in [-0.1, -0.05) is 18.2 Å². The highest BCUT2D eigenvalue weighted by atomic mass is 32.2. The molecule has 2 N–H and O–H groups in total. The van der Waals surface area contributed by atoms with Gasteiger partial charge in [0.1, 0.15) is 6.23 Å². The van der Waals surface area contributed by atoms with Crippen LogP contribution in [0.15, 0.2) is 35.2 Å². The van der Waals surface area contributed by atoms with Crippen molar-refractivity contribution >= 4 is 10.1 Å². The van der Waals surface area contributed by atoms with Gasteiger partial charge in [0, 0.05) is 0 Å². The van der Waals surface area contributed by atoms with Crippen LogP contribution in [0.3, 0.4) is 0 Å². The quantitative estimate of drug-likeness (QED) is 0.577. The van der Waals surface area contributed by atoms with Crippen molar-refractivity contribution in [3.05, 3.63) is 30.3 Å². The SMILES string of the molecule is CC(N)OS(=O)(=O)c1ccccc1. The van der Waals surface area contributed by atoms with E-state index in [0.717, 1.165) is 0 Å². The molecule has 1 rings (SSSR count). The van der Waals surface area contributed by atoms with Crippen molar-refractivity contribution < 1.29 is 12.6 Å². The molecule has 1 aromatic rings. The van der Waals surface area contributed by atoms with Gasteiger partial charge in [-0.2, -0.15) is 8.42 Å². The molecule has 0 aliphatic rings. The average Bonchev–Trinajstić information content (AvgIpc) is 2.04. The zero-order valence-electron chi connectivity index (χ0n) is 7.17. The molecule has 13 heavy (non-hydrogen) atoms. The van der Waals surface area contributed by atoms with E-state index in [1.807, 2.05) is 0 Å². The lowest BCUT2D eigenvalue weighted by atomic mass is 10.4. The Morgan fingerprint density at radius 1 is 1.31 bits per heavy atom. The molecule has 0 aromatic heterocycles. The monoisotopic (exact) mass is 201 g/mol. The van der Waals surface area contributed by atoms with Gasteiger partial charge >= 0.3 is 0 Å². The van der Waals surface area contributed by atoms with Crippen molar-refractivity contribution in [2.75, 3.05) is 0 Å². The van der Waals surface area contributed by atoms with E-state index in [9.17, 15) is 8.42 Å². The highest BCUT2D eigenvalue weighted by Gasteiger charge is 2.15. The van der Waals surface area contributed by atoms with Crippen LogP contribution in [0.2, 0.25) is 0 Å². The van der Waals surface area contributed by atoms with Crippen molar-refractivity contribution in [3.8, 4) is 0 Å². The van der Waals surface area contributed by atoms with E-state index in [1.165, 1.54) is 19.1 Å². The van der Waals surface area contributed by atoms with Crippen LogP contribution in [0.1, 0.15) is 6.92 Å². The molecule has 0 bridgehead atoms. The summed E-state index contributed by atoms with van der Waals surface area (Å²) in [5.74, 6) is 0. The second-order valence-corrected chi connectivity index (χ2v) is 4.14. The summed E-state index contributed by atoms with van der Waals surface area (Å²) in [4.78, 5) is 0.118. The lowest BCUT2D eigenvalue weighted by Gasteiger charge is -2.07. The Morgan fingerprint density at radius 3 is 2.31 bits per heavy atom. The third kappa shape index (κ3) is 2.80. The van der Waals surface area contributed by atoms with E-state index in [4.69, 9.17) is 5.73 Å². The van der Waals surface area contributed by atoms with Gasteiger partial charge in [-0.15, -0.1) is 0 Å².